The van der Waals surface area contributed by atoms with E-state index in [1.54, 1.807) is 7.11 Å². The fourth-order valence-corrected chi connectivity index (χ4v) is 3.42. The number of carbonyl (C=O) groups excluding carboxylic acids is 1. The Labute approximate surface area is 154 Å². The molecule has 0 fully saturated rings. The Morgan fingerprint density at radius 3 is 2.88 bits per heavy atom. The van der Waals surface area contributed by atoms with Crippen LogP contribution in [0.25, 0.3) is 0 Å². The lowest BCUT2D eigenvalue weighted by molar-refractivity contribution is -0.117. The fraction of sp³-hybridized carbons (Fsp3) is 0.333. The maximum atomic E-state index is 13.0. The van der Waals surface area contributed by atoms with E-state index in [4.69, 9.17) is 10.5 Å². The second-order valence-corrected chi connectivity index (χ2v) is 6.45. The first-order valence-corrected chi connectivity index (χ1v) is 8.92. The molecule has 136 valence electrons. The van der Waals surface area contributed by atoms with E-state index in [1.165, 1.54) is 5.56 Å². The summed E-state index contributed by atoms with van der Waals surface area (Å²) in [6.07, 6.45) is 1.50. The van der Waals surface area contributed by atoms with Crippen molar-refractivity contribution in [3.63, 3.8) is 0 Å². The molecule has 1 atom stereocenters. The fourth-order valence-electron chi connectivity index (χ4n) is 3.42. The number of ether oxygens (including phenoxy) is 1. The van der Waals surface area contributed by atoms with Crippen molar-refractivity contribution >= 4 is 17.3 Å². The zero-order valence-electron chi connectivity index (χ0n) is 15.3. The summed E-state index contributed by atoms with van der Waals surface area (Å²) in [5, 5.41) is 3.04. The Morgan fingerprint density at radius 1 is 1.31 bits per heavy atom. The SMILES string of the molecule is COc1ccccc1C(CCN)C(=O)Nc1ccc2c(c1)C(C)=NCC2. The van der Waals surface area contributed by atoms with Crippen molar-refractivity contribution in [1.29, 1.82) is 0 Å². The number of fused-ring (bicyclic) bond motifs is 1. The van der Waals surface area contributed by atoms with Gasteiger partial charge in [0.15, 0.2) is 0 Å². The smallest absolute Gasteiger partial charge is 0.232 e. The minimum atomic E-state index is -0.359. The third-order valence-corrected chi connectivity index (χ3v) is 4.78. The molecule has 0 radical (unpaired) electrons. The van der Waals surface area contributed by atoms with Gasteiger partial charge in [-0.2, -0.15) is 0 Å². The second-order valence-electron chi connectivity index (χ2n) is 6.45. The van der Waals surface area contributed by atoms with E-state index in [-0.39, 0.29) is 11.8 Å². The molecule has 3 N–H and O–H groups in total. The molecule has 2 aromatic carbocycles. The number of hydrogen-bond donors (Lipinski definition) is 2. The van der Waals surface area contributed by atoms with E-state index in [0.29, 0.717) is 18.7 Å². The van der Waals surface area contributed by atoms with Gasteiger partial charge in [-0.1, -0.05) is 24.3 Å². The highest BCUT2D eigenvalue weighted by Crippen LogP contribution is 2.30. The van der Waals surface area contributed by atoms with Crippen LogP contribution in [0.2, 0.25) is 0 Å². The first-order chi connectivity index (χ1) is 12.6. The molecule has 1 heterocycles. The zero-order valence-corrected chi connectivity index (χ0v) is 15.3. The highest BCUT2D eigenvalue weighted by atomic mass is 16.5. The first kappa shape index (κ1) is 18.1. The van der Waals surface area contributed by atoms with Gasteiger partial charge in [-0.3, -0.25) is 9.79 Å². The predicted molar refractivity (Wildman–Crippen MR) is 105 cm³/mol. The van der Waals surface area contributed by atoms with Crippen LogP contribution in [0.3, 0.4) is 0 Å². The van der Waals surface area contributed by atoms with Crippen molar-refractivity contribution < 1.29 is 9.53 Å². The van der Waals surface area contributed by atoms with Crippen LogP contribution < -0.4 is 15.8 Å². The maximum Gasteiger partial charge on any atom is 0.232 e. The average molecular weight is 351 g/mol. The molecule has 3 rings (SSSR count). The Morgan fingerprint density at radius 2 is 2.12 bits per heavy atom. The van der Waals surface area contributed by atoms with Crippen molar-refractivity contribution in [2.45, 2.75) is 25.7 Å². The second kappa shape index (κ2) is 8.15. The number of nitrogens with zero attached hydrogens (tertiary/aromatic N) is 1. The van der Waals surface area contributed by atoms with Gasteiger partial charge in [0.25, 0.3) is 0 Å². The number of hydrogen-bond acceptors (Lipinski definition) is 4. The molecule has 0 bridgehead atoms. The van der Waals surface area contributed by atoms with Crippen LogP contribution in [-0.4, -0.2) is 31.8 Å². The highest BCUT2D eigenvalue weighted by molar-refractivity contribution is 6.03. The number of nitrogens with two attached hydrogens (primary N) is 1. The van der Waals surface area contributed by atoms with Crippen LogP contribution in [0, 0.1) is 0 Å². The molecule has 1 aliphatic heterocycles. The minimum Gasteiger partial charge on any atom is -0.496 e. The number of anilines is 1. The van der Waals surface area contributed by atoms with Gasteiger partial charge in [0, 0.05) is 29.1 Å². The van der Waals surface area contributed by atoms with Gasteiger partial charge in [-0.15, -0.1) is 0 Å². The molecule has 26 heavy (non-hydrogen) atoms. The van der Waals surface area contributed by atoms with Crippen molar-refractivity contribution in [3.8, 4) is 5.75 Å². The molecule has 0 spiro atoms. The number of nitrogens with one attached hydrogen (secondary N) is 1. The van der Waals surface area contributed by atoms with E-state index >= 15 is 0 Å². The summed E-state index contributed by atoms with van der Waals surface area (Å²) in [5.74, 6) is 0.266. The van der Waals surface area contributed by atoms with Crippen LogP contribution in [0.1, 0.15) is 36.0 Å². The minimum absolute atomic E-state index is 0.0784. The number of methoxy groups -OCH3 is 1. The summed E-state index contributed by atoms with van der Waals surface area (Å²) in [5.41, 5.74) is 10.8. The van der Waals surface area contributed by atoms with Gasteiger partial charge in [-0.25, -0.2) is 0 Å². The molecular weight excluding hydrogens is 326 g/mol. The molecule has 0 saturated heterocycles. The topological polar surface area (TPSA) is 76.7 Å². The number of carbonyl (C=O) groups is 1. The Kier molecular flexibility index (Phi) is 5.68. The van der Waals surface area contributed by atoms with Gasteiger partial charge >= 0.3 is 0 Å². The normalized spacial score (nSPS) is 14.2. The largest absolute Gasteiger partial charge is 0.496 e. The Bertz CT molecular complexity index is 830. The molecule has 1 amide bonds. The summed E-state index contributed by atoms with van der Waals surface area (Å²) >= 11 is 0. The van der Waals surface area contributed by atoms with Crippen LogP contribution in [0.5, 0.6) is 5.75 Å². The summed E-state index contributed by atoms with van der Waals surface area (Å²) in [6.45, 7) is 3.26. The van der Waals surface area contributed by atoms with E-state index in [2.05, 4.69) is 16.4 Å². The standard InChI is InChI=1S/C21H25N3O2/c1-14-19-13-16(8-7-15(19)10-12-23-14)24-21(25)18(9-11-22)17-5-3-4-6-20(17)26-2/h3-8,13,18H,9-12,22H2,1-2H3,(H,24,25). The van der Waals surface area contributed by atoms with Gasteiger partial charge in [0.2, 0.25) is 5.91 Å². The molecule has 1 unspecified atom stereocenters. The summed E-state index contributed by atoms with van der Waals surface area (Å²) < 4.78 is 5.42. The van der Waals surface area contributed by atoms with Crippen LogP contribution in [-0.2, 0) is 11.2 Å². The quantitative estimate of drug-likeness (QED) is 0.839. The predicted octanol–water partition coefficient (Wildman–Crippen LogP) is 3.13. The van der Waals surface area contributed by atoms with Crippen molar-refractivity contribution in [2.75, 3.05) is 25.5 Å². The monoisotopic (exact) mass is 351 g/mol. The van der Waals surface area contributed by atoms with E-state index in [1.807, 2.05) is 43.3 Å². The zero-order chi connectivity index (χ0) is 18.5. The van der Waals surface area contributed by atoms with E-state index in [0.717, 1.165) is 35.5 Å². The maximum absolute atomic E-state index is 13.0. The molecule has 0 saturated carbocycles. The lowest BCUT2D eigenvalue weighted by Crippen LogP contribution is -2.24. The van der Waals surface area contributed by atoms with Crippen LogP contribution >= 0.6 is 0 Å². The Balaban J connectivity index is 1.85. The van der Waals surface area contributed by atoms with E-state index in [9.17, 15) is 4.79 Å². The number of amides is 1. The summed E-state index contributed by atoms with van der Waals surface area (Å²) in [4.78, 5) is 17.5. The van der Waals surface area contributed by atoms with Crippen LogP contribution in [0.15, 0.2) is 47.5 Å². The third-order valence-electron chi connectivity index (χ3n) is 4.78. The van der Waals surface area contributed by atoms with Gasteiger partial charge < -0.3 is 15.8 Å². The molecule has 5 nitrogen and oxygen atoms in total. The molecule has 0 aliphatic carbocycles. The molecule has 0 aromatic heterocycles. The van der Waals surface area contributed by atoms with Crippen molar-refractivity contribution in [3.05, 3.63) is 59.2 Å². The van der Waals surface area contributed by atoms with E-state index < -0.39 is 0 Å². The van der Waals surface area contributed by atoms with Crippen molar-refractivity contribution in [1.82, 2.24) is 0 Å². The highest BCUT2D eigenvalue weighted by Gasteiger charge is 2.23. The molecular formula is C21H25N3O2. The molecule has 1 aliphatic rings. The molecule has 5 heteroatoms. The van der Waals surface area contributed by atoms with Gasteiger partial charge in [0.05, 0.1) is 13.0 Å². The van der Waals surface area contributed by atoms with Gasteiger partial charge in [0.1, 0.15) is 5.75 Å². The van der Waals surface area contributed by atoms with Crippen LogP contribution in [0.4, 0.5) is 5.69 Å². The first-order valence-electron chi connectivity index (χ1n) is 8.92. The number of rotatable bonds is 6. The summed E-state index contributed by atoms with van der Waals surface area (Å²) in [7, 11) is 1.61. The Hall–Kier alpha value is -2.66. The molecule has 2 aromatic rings. The van der Waals surface area contributed by atoms with Crippen molar-refractivity contribution in [2.24, 2.45) is 10.7 Å². The van der Waals surface area contributed by atoms with Gasteiger partial charge in [-0.05, 0) is 50.1 Å². The number of para-hydroxylation sites is 1. The average Bonchev–Trinajstić information content (AvgIpc) is 2.66. The lowest BCUT2D eigenvalue weighted by Gasteiger charge is -2.20. The number of aliphatic imine (C=N–C) groups is 1. The third kappa shape index (κ3) is 3.78. The summed E-state index contributed by atoms with van der Waals surface area (Å²) in [6, 6.07) is 13.6. The lowest BCUT2D eigenvalue weighted by atomic mass is 9.93. The number of benzene rings is 2.